The molecule has 0 aliphatic heterocycles. The zero-order valence-electron chi connectivity index (χ0n) is 11.8. The van der Waals surface area contributed by atoms with Gasteiger partial charge in [0.2, 0.25) is 0 Å². The molecular weight excluding hydrogens is 254 g/mol. The van der Waals surface area contributed by atoms with Gasteiger partial charge < -0.3 is 10.1 Å². The summed E-state index contributed by atoms with van der Waals surface area (Å²) in [5, 5.41) is 2.62. The number of hydrogen-bond donors (Lipinski definition) is 1. The summed E-state index contributed by atoms with van der Waals surface area (Å²) in [4.78, 5) is 24.1. The fraction of sp³-hybridized carbons (Fsp3) is 0.375. The van der Waals surface area contributed by atoms with Crippen molar-refractivity contribution >= 4 is 11.9 Å². The van der Waals surface area contributed by atoms with Gasteiger partial charge in [-0.2, -0.15) is 0 Å². The van der Waals surface area contributed by atoms with Crippen molar-refractivity contribution < 1.29 is 14.3 Å². The van der Waals surface area contributed by atoms with Gasteiger partial charge in [-0.05, 0) is 19.8 Å². The molecule has 0 heterocycles. The van der Waals surface area contributed by atoms with Crippen LogP contribution in [0.5, 0.6) is 0 Å². The van der Waals surface area contributed by atoms with Gasteiger partial charge in [-0.3, -0.25) is 4.79 Å². The highest BCUT2D eigenvalue weighted by atomic mass is 16.5. The highest BCUT2D eigenvalue weighted by Crippen LogP contribution is 2.20. The molecule has 0 saturated carbocycles. The van der Waals surface area contributed by atoms with Crippen LogP contribution < -0.4 is 5.32 Å². The van der Waals surface area contributed by atoms with Crippen molar-refractivity contribution in [3.63, 3.8) is 0 Å². The summed E-state index contributed by atoms with van der Waals surface area (Å²) in [6.45, 7) is 1.69. The van der Waals surface area contributed by atoms with E-state index in [1.807, 2.05) is 6.07 Å². The molecule has 1 rings (SSSR count). The van der Waals surface area contributed by atoms with E-state index in [2.05, 4.69) is 16.0 Å². The number of unbranched alkanes of at least 4 members (excludes halogenated alkanes) is 1. The van der Waals surface area contributed by atoms with Crippen molar-refractivity contribution in [3.05, 3.63) is 35.9 Å². The lowest BCUT2D eigenvalue weighted by Crippen LogP contribution is -2.52. The number of ether oxygens (including phenoxy) is 1. The average molecular weight is 273 g/mol. The van der Waals surface area contributed by atoms with Crippen molar-refractivity contribution in [1.29, 1.82) is 0 Å². The number of terminal acetylenes is 1. The summed E-state index contributed by atoms with van der Waals surface area (Å²) in [5.74, 6) is 2.38. The molecular formula is C16H19NO3. The Kier molecular flexibility index (Phi) is 5.79. The number of methoxy groups -OCH3 is 1. The number of Topliss-reactive ketones (excluding diaryl/α,β-unsaturated/α-hetero) is 1. The molecule has 4 heteroatoms. The Morgan fingerprint density at radius 2 is 2.00 bits per heavy atom. The van der Waals surface area contributed by atoms with Gasteiger partial charge in [-0.1, -0.05) is 30.3 Å². The first-order valence-electron chi connectivity index (χ1n) is 6.43. The fourth-order valence-corrected chi connectivity index (χ4v) is 1.96. The minimum absolute atomic E-state index is 0.152. The second kappa shape index (κ2) is 7.34. The molecule has 0 saturated heterocycles. The van der Waals surface area contributed by atoms with Crippen LogP contribution in [-0.4, -0.2) is 24.5 Å². The number of benzene rings is 1. The van der Waals surface area contributed by atoms with Gasteiger partial charge in [0.05, 0.1) is 7.11 Å². The van der Waals surface area contributed by atoms with Crippen LogP contribution in [0, 0.1) is 12.3 Å². The van der Waals surface area contributed by atoms with Crippen LogP contribution in [0.3, 0.4) is 0 Å². The number of alkyl carbamates (subject to hydrolysis) is 1. The van der Waals surface area contributed by atoms with Gasteiger partial charge >= 0.3 is 6.09 Å². The lowest BCUT2D eigenvalue weighted by Gasteiger charge is -2.28. The van der Waals surface area contributed by atoms with Gasteiger partial charge in [0.1, 0.15) is 5.54 Å². The topological polar surface area (TPSA) is 55.4 Å². The molecule has 0 radical (unpaired) electrons. The number of carbonyl (C=O) groups excluding carboxylic acids is 2. The predicted octanol–water partition coefficient (Wildman–Crippen LogP) is 2.79. The molecule has 0 fully saturated rings. The summed E-state index contributed by atoms with van der Waals surface area (Å²) in [5.41, 5.74) is -0.474. The van der Waals surface area contributed by atoms with Crippen molar-refractivity contribution in [2.45, 2.75) is 31.7 Å². The molecule has 0 aliphatic carbocycles. The zero-order chi connectivity index (χ0) is 15.0. The Morgan fingerprint density at radius 1 is 1.35 bits per heavy atom. The van der Waals surface area contributed by atoms with E-state index >= 15 is 0 Å². The van der Waals surface area contributed by atoms with E-state index in [0.717, 1.165) is 0 Å². The molecule has 1 atom stereocenters. The number of amides is 1. The SMILES string of the molecule is C#CCCC[C@](C)(NC(=O)OC)C(=O)c1ccccc1. The molecule has 4 nitrogen and oxygen atoms in total. The molecule has 1 aromatic rings. The lowest BCUT2D eigenvalue weighted by atomic mass is 9.86. The maximum atomic E-state index is 12.6. The van der Waals surface area contributed by atoms with Crippen molar-refractivity contribution in [1.82, 2.24) is 5.32 Å². The number of rotatable bonds is 6. The first-order valence-corrected chi connectivity index (χ1v) is 6.43. The minimum Gasteiger partial charge on any atom is -0.453 e. The van der Waals surface area contributed by atoms with Crippen LogP contribution in [0.4, 0.5) is 4.79 Å². The normalized spacial score (nSPS) is 12.8. The van der Waals surface area contributed by atoms with E-state index in [-0.39, 0.29) is 5.78 Å². The van der Waals surface area contributed by atoms with E-state index in [1.165, 1.54) is 7.11 Å². The Hall–Kier alpha value is -2.28. The Labute approximate surface area is 119 Å². The minimum atomic E-state index is -1.02. The smallest absolute Gasteiger partial charge is 0.407 e. The molecule has 0 aliphatic rings. The van der Waals surface area contributed by atoms with Gasteiger partial charge in [0.15, 0.2) is 5.78 Å². The number of hydrogen-bond acceptors (Lipinski definition) is 3. The summed E-state index contributed by atoms with van der Waals surface area (Å²) >= 11 is 0. The molecule has 20 heavy (non-hydrogen) atoms. The second-order valence-corrected chi connectivity index (χ2v) is 4.70. The summed E-state index contributed by atoms with van der Waals surface area (Å²) in [6, 6.07) is 8.85. The molecule has 1 N–H and O–H groups in total. The van der Waals surface area contributed by atoms with Crippen molar-refractivity contribution in [2.75, 3.05) is 7.11 Å². The standard InChI is InChI=1S/C16H19NO3/c1-4-5-9-12-16(2,17-15(19)20-3)14(18)13-10-7-6-8-11-13/h1,6-8,10-11H,5,9,12H2,2-3H3,(H,17,19)/t16-/m0/s1. The quantitative estimate of drug-likeness (QED) is 0.492. The third kappa shape index (κ3) is 4.13. The van der Waals surface area contributed by atoms with E-state index in [1.54, 1.807) is 31.2 Å². The van der Waals surface area contributed by atoms with Crippen LogP contribution in [0.15, 0.2) is 30.3 Å². The Bertz CT molecular complexity index is 504. The summed E-state index contributed by atoms with van der Waals surface area (Å²) in [7, 11) is 1.27. The van der Waals surface area contributed by atoms with E-state index < -0.39 is 11.6 Å². The largest absolute Gasteiger partial charge is 0.453 e. The highest BCUT2D eigenvalue weighted by molar-refractivity contribution is 6.04. The van der Waals surface area contributed by atoms with Crippen molar-refractivity contribution in [3.8, 4) is 12.3 Å². The van der Waals surface area contributed by atoms with Gasteiger partial charge in [-0.25, -0.2) is 4.79 Å². The van der Waals surface area contributed by atoms with Crippen LogP contribution in [0.1, 0.15) is 36.5 Å². The van der Waals surface area contributed by atoms with Crippen molar-refractivity contribution in [2.24, 2.45) is 0 Å². The number of ketones is 1. The second-order valence-electron chi connectivity index (χ2n) is 4.70. The molecule has 1 aromatic carbocycles. The maximum Gasteiger partial charge on any atom is 0.407 e. The third-order valence-corrected chi connectivity index (χ3v) is 3.10. The fourth-order valence-electron chi connectivity index (χ4n) is 1.96. The monoisotopic (exact) mass is 273 g/mol. The van der Waals surface area contributed by atoms with E-state index in [0.29, 0.717) is 24.8 Å². The van der Waals surface area contributed by atoms with E-state index in [9.17, 15) is 9.59 Å². The average Bonchev–Trinajstić information content (AvgIpc) is 2.47. The Balaban J connectivity index is 2.94. The summed E-state index contributed by atoms with van der Waals surface area (Å²) in [6.07, 6.45) is 6.26. The van der Waals surface area contributed by atoms with Gasteiger partial charge in [0.25, 0.3) is 0 Å². The predicted molar refractivity (Wildman–Crippen MR) is 77.4 cm³/mol. The van der Waals surface area contributed by atoms with Gasteiger partial charge in [0, 0.05) is 12.0 Å². The zero-order valence-corrected chi connectivity index (χ0v) is 11.8. The highest BCUT2D eigenvalue weighted by Gasteiger charge is 2.35. The first-order chi connectivity index (χ1) is 9.53. The maximum absolute atomic E-state index is 12.6. The van der Waals surface area contributed by atoms with E-state index in [4.69, 9.17) is 6.42 Å². The first kappa shape index (κ1) is 15.8. The molecule has 106 valence electrons. The lowest BCUT2D eigenvalue weighted by molar-refractivity contribution is 0.0836. The summed E-state index contributed by atoms with van der Waals surface area (Å²) < 4.78 is 4.60. The molecule has 0 bridgehead atoms. The third-order valence-electron chi connectivity index (χ3n) is 3.10. The van der Waals surface area contributed by atoms with Crippen LogP contribution in [0.25, 0.3) is 0 Å². The van der Waals surface area contributed by atoms with Crippen LogP contribution >= 0.6 is 0 Å². The van der Waals surface area contributed by atoms with Gasteiger partial charge in [-0.15, -0.1) is 12.3 Å². The molecule has 0 unspecified atom stereocenters. The Morgan fingerprint density at radius 3 is 2.55 bits per heavy atom. The molecule has 1 amide bonds. The number of nitrogens with one attached hydrogen (secondary N) is 1. The number of carbonyl (C=O) groups is 2. The van der Waals surface area contributed by atoms with Crippen LogP contribution in [-0.2, 0) is 4.74 Å². The molecule has 0 spiro atoms. The van der Waals surface area contributed by atoms with Crippen LogP contribution in [0.2, 0.25) is 0 Å². The molecule has 0 aromatic heterocycles.